The van der Waals surface area contributed by atoms with E-state index >= 15 is 0 Å². The van der Waals surface area contributed by atoms with Crippen LogP contribution in [0.15, 0.2) is 42.5 Å². The Morgan fingerprint density at radius 3 is 2.38 bits per heavy atom. The molecule has 16 heavy (non-hydrogen) atoms. The monoisotopic (exact) mass is 217 g/mol. The first-order valence-corrected chi connectivity index (χ1v) is 6.01. The van der Waals surface area contributed by atoms with E-state index in [1.165, 1.54) is 11.1 Å². The Kier molecular flexibility index (Phi) is 5.27. The minimum absolute atomic E-state index is 0.526. The van der Waals surface area contributed by atoms with Crippen LogP contribution in [0, 0.1) is 5.92 Å². The molecule has 0 aromatic heterocycles. The summed E-state index contributed by atoms with van der Waals surface area (Å²) in [7, 11) is 0. The Hall–Kier alpha value is -1.08. The van der Waals surface area contributed by atoms with Crippen LogP contribution in [-0.4, -0.2) is 6.04 Å². The fourth-order valence-corrected chi connectivity index (χ4v) is 1.76. The molecule has 0 fully saturated rings. The first kappa shape index (κ1) is 13.0. The molecular formula is C15H23N. The van der Waals surface area contributed by atoms with Crippen molar-refractivity contribution in [2.75, 3.05) is 0 Å². The van der Waals surface area contributed by atoms with Gasteiger partial charge in [0, 0.05) is 12.6 Å². The van der Waals surface area contributed by atoms with Crippen LogP contribution in [0.1, 0.15) is 32.8 Å². The lowest BCUT2D eigenvalue weighted by molar-refractivity contribution is 0.394. The van der Waals surface area contributed by atoms with Gasteiger partial charge in [0.25, 0.3) is 0 Å². The molecular weight excluding hydrogens is 194 g/mol. The van der Waals surface area contributed by atoms with E-state index < -0.39 is 0 Å². The van der Waals surface area contributed by atoms with Crippen LogP contribution in [0.25, 0.3) is 0 Å². The van der Waals surface area contributed by atoms with Crippen LogP contribution in [0.4, 0.5) is 0 Å². The average molecular weight is 217 g/mol. The van der Waals surface area contributed by atoms with Crippen molar-refractivity contribution in [3.8, 4) is 0 Å². The van der Waals surface area contributed by atoms with E-state index in [2.05, 4.69) is 63.0 Å². The van der Waals surface area contributed by atoms with Crippen molar-refractivity contribution in [2.45, 2.75) is 39.8 Å². The Morgan fingerprint density at radius 2 is 1.88 bits per heavy atom. The third-order valence-electron chi connectivity index (χ3n) is 2.78. The zero-order chi connectivity index (χ0) is 12.0. The summed E-state index contributed by atoms with van der Waals surface area (Å²) in [5.74, 6) is 0.639. The molecule has 1 unspecified atom stereocenters. The van der Waals surface area contributed by atoms with Gasteiger partial charge in [-0.05, 0) is 24.8 Å². The second-order valence-electron chi connectivity index (χ2n) is 4.88. The fraction of sp³-hybridized carbons (Fsp3) is 0.467. The molecule has 0 heterocycles. The maximum atomic E-state index is 3.99. The van der Waals surface area contributed by atoms with E-state index in [0.717, 1.165) is 13.0 Å². The van der Waals surface area contributed by atoms with Gasteiger partial charge >= 0.3 is 0 Å². The van der Waals surface area contributed by atoms with Gasteiger partial charge in [-0.25, -0.2) is 0 Å². The van der Waals surface area contributed by atoms with E-state index in [-0.39, 0.29) is 0 Å². The summed E-state index contributed by atoms with van der Waals surface area (Å²) in [5.41, 5.74) is 2.59. The second kappa shape index (κ2) is 6.49. The third-order valence-corrected chi connectivity index (χ3v) is 2.78. The maximum Gasteiger partial charge on any atom is 0.0208 e. The van der Waals surface area contributed by atoms with Crippen molar-refractivity contribution in [1.82, 2.24) is 5.32 Å². The predicted molar refractivity (Wildman–Crippen MR) is 71.3 cm³/mol. The normalized spacial score (nSPS) is 12.8. The highest BCUT2D eigenvalue weighted by Gasteiger charge is 2.12. The SMILES string of the molecule is C=C(C)CC(NCc1ccccc1)C(C)C. The molecule has 1 heteroatoms. The number of nitrogens with one attached hydrogen (secondary N) is 1. The average Bonchev–Trinajstić information content (AvgIpc) is 2.25. The zero-order valence-electron chi connectivity index (χ0n) is 10.7. The highest BCUT2D eigenvalue weighted by Crippen LogP contribution is 2.12. The number of benzene rings is 1. The van der Waals surface area contributed by atoms with E-state index in [0.29, 0.717) is 12.0 Å². The van der Waals surface area contributed by atoms with Gasteiger partial charge < -0.3 is 5.32 Å². The van der Waals surface area contributed by atoms with Gasteiger partial charge in [-0.15, -0.1) is 6.58 Å². The lowest BCUT2D eigenvalue weighted by Gasteiger charge is -2.22. The van der Waals surface area contributed by atoms with Crippen molar-refractivity contribution in [1.29, 1.82) is 0 Å². The zero-order valence-corrected chi connectivity index (χ0v) is 10.7. The van der Waals surface area contributed by atoms with Crippen molar-refractivity contribution < 1.29 is 0 Å². The summed E-state index contributed by atoms with van der Waals surface area (Å²) in [5, 5.41) is 3.61. The summed E-state index contributed by atoms with van der Waals surface area (Å²) in [6.45, 7) is 11.5. The van der Waals surface area contributed by atoms with Crippen molar-refractivity contribution >= 4 is 0 Å². The Labute approximate surface area is 99.6 Å². The fourth-order valence-electron chi connectivity index (χ4n) is 1.76. The van der Waals surface area contributed by atoms with Gasteiger partial charge in [-0.1, -0.05) is 49.8 Å². The Bertz CT molecular complexity index is 313. The second-order valence-corrected chi connectivity index (χ2v) is 4.88. The van der Waals surface area contributed by atoms with Gasteiger partial charge in [0.2, 0.25) is 0 Å². The number of rotatable bonds is 6. The molecule has 88 valence electrons. The molecule has 1 N–H and O–H groups in total. The highest BCUT2D eigenvalue weighted by molar-refractivity contribution is 5.14. The number of hydrogen-bond donors (Lipinski definition) is 1. The van der Waals surface area contributed by atoms with E-state index in [1.807, 2.05) is 0 Å². The molecule has 1 aromatic carbocycles. The molecule has 0 amide bonds. The molecule has 0 saturated carbocycles. The van der Waals surface area contributed by atoms with Crippen molar-refractivity contribution in [3.63, 3.8) is 0 Å². The lowest BCUT2D eigenvalue weighted by atomic mass is 9.97. The van der Waals surface area contributed by atoms with Crippen LogP contribution >= 0.6 is 0 Å². The van der Waals surface area contributed by atoms with Crippen LogP contribution in [0.3, 0.4) is 0 Å². The van der Waals surface area contributed by atoms with Crippen LogP contribution in [0.5, 0.6) is 0 Å². The predicted octanol–water partition coefficient (Wildman–Crippen LogP) is 3.77. The van der Waals surface area contributed by atoms with Crippen LogP contribution < -0.4 is 5.32 Å². The van der Waals surface area contributed by atoms with Gasteiger partial charge in [0.1, 0.15) is 0 Å². The lowest BCUT2D eigenvalue weighted by Crippen LogP contribution is -2.33. The molecule has 1 aromatic rings. The molecule has 0 aliphatic carbocycles. The molecule has 0 bridgehead atoms. The highest BCUT2D eigenvalue weighted by atomic mass is 14.9. The van der Waals surface area contributed by atoms with E-state index in [4.69, 9.17) is 0 Å². The molecule has 0 aliphatic rings. The minimum atomic E-state index is 0.526. The molecule has 0 spiro atoms. The Balaban J connectivity index is 2.47. The van der Waals surface area contributed by atoms with Gasteiger partial charge in [0.15, 0.2) is 0 Å². The van der Waals surface area contributed by atoms with Gasteiger partial charge in [0.05, 0.1) is 0 Å². The summed E-state index contributed by atoms with van der Waals surface area (Å²) < 4.78 is 0. The van der Waals surface area contributed by atoms with Crippen LogP contribution in [0.2, 0.25) is 0 Å². The maximum absolute atomic E-state index is 3.99. The third kappa shape index (κ3) is 4.63. The van der Waals surface area contributed by atoms with E-state index in [1.54, 1.807) is 0 Å². The molecule has 1 atom stereocenters. The molecule has 1 nitrogen and oxygen atoms in total. The Morgan fingerprint density at radius 1 is 1.25 bits per heavy atom. The van der Waals surface area contributed by atoms with Crippen molar-refractivity contribution in [3.05, 3.63) is 48.0 Å². The molecule has 1 rings (SSSR count). The smallest absolute Gasteiger partial charge is 0.0208 e. The largest absolute Gasteiger partial charge is 0.309 e. The first-order chi connectivity index (χ1) is 7.59. The van der Waals surface area contributed by atoms with Gasteiger partial charge in [-0.3, -0.25) is 0 Å². The van der Waals surface area contributed by atoms with Crippen molar-refractivity contribution in [2.24, 2.45) is 5.92 Å². The molecule has 0 saturated heterocycles. The summed E-state index contributed by atoms with van der Waals surface area (Å²) in [6.07, 6.45) is 1.06. The number of hydrogen-bond acceptors (Lipinski definition) is 1. The van der Waals surface area contributed by atoms with Gasteiger partial charge in [-0.2, -0.15) is 0 Å². The topological polar surface area (TPSA) is 12.0 Å². The van der Waals surface area contributed by atoms with Crippen LogP contribution in [-0.2, 0) is 6.54 Å². The quantitative estimate of drug-likeness (QED) is 0.715. The minimum Gasteiger partial charge on any atom is -0.309 e. The van der Waals surface area contributed by atoms with E-state index in [9.17, 15) is 0 Å². The summed E-state index contributed by atoms with van der Waals surface area (Å²) in [4.78, 5) is 0. The standard InChI is InChI=1S/C15H23N/c1-12(2)10-15(13(3)4)16-11-14-8-6-5-7-9-14/h5-9,13,15-16H,1,10-11H2,2-4H3. The summed E-state index contributed by atoms with van der Waals surface area (Å²) in [6, 6.07) is 11.1. The summed E-state index contributed by atoms with van der Waals surface area (Å²) >= 11 is 0. The molecule has 0 aliphatic heterocycles. The first-order valence-electron chi connectivity index (χ1n) is 6.01. The molecule has 0 radical (unpaired) electrons.